The fraction of sp³-hybridized carbons (Fsp3) is 0.500. The van der Waals surface area contributed by atoms with E-state index in [0.717, 1.165) is 6.42 Å². The summed E-state index contributed by atoms with van der Waals surface area (Å²) in [6, 6.07) is 4.91. The van der Waals surface area contributed by atoms with Gasteiger partial charge in [0, 0.05) is 47.5 Å². The van der Waals surface area contributed by atoms with Crippen LogP contribution in [0.5, 0.6) is 0 Å². The van der Waals surface area contributed by atoms with Crippen molar-refractivity contribution in [3.05, 3.63) is 23.2 Å². The Kier molecular flexibility index (Phi) is 8.34. The summed E-state index contributed by atoms with van der Waals surface area (Å²) in [4.78, 5) is 11.8. The maximum Gasteiger partial charge on any atom is 0.224 e. The van der Waals surface area contributed by atoms with E-state index in [2.05, 4.69) is 5.32 Å². The molecule has 1 atom stereocenters. The highest BCUT2D eigenvalue weighted by Gasteiger charge is 2.07. The number of hydrogen-bond donors (Lipinski definition) is 2. The molecule has 3 N–H and O–H groups in total. The molecule has 1 aromatic carbocycles. The maximum absolute atomic E-state index is 11.8. The molecule has 0 aromatic heterocycles. The number of hydrogen-bond acceptors (Lipinski definition) is 4. The zero-order chi connectivity index (χ0) is 15.7. The summed E-state index contributed by atoms with van der Waals surface area (Å²) in [5.41, 5.74) is 6.73. The van der Waals surface area contributed by atoms with Crippen LogP contribution in [-0.4, -0.2) is 35.3 Å². The van der Waals surface area contributed by atoms with E-state index in [4.69, 9.17) is 22.1 Å². The first kappa shape index (κ1) is 17.9. The van der Waals surface area contributed by atoms with Crippen LogP contribution in [0.25, 0.3) is 0 Å². The predicted octanol–water partition coefficient (Wildman–Crippen LogP) is 2.43. The molecule has 0 aliphatic heterocycles. The zero-order valence-electron chi connectivity index (χ0n) is 12.1. The normalized spacial score (nSPS) is 12.1. The van der Waals surface area contributed by atoms with Gasteiger partial charge in [0.05, 0.1) is 11.4 Å². The quantitative estimate of drug-likeness (QED) is 0.537. The summed E-state index contributed by atoms with van der Waals surface area (Å²) in [5, 5.41) is 3.22. The van der Waals surface area contributed by atoms with Crippen LogP contribution in [0.2, 0.25) is 5.02 Å². The molecule has 0 saturated heterocycles. The van der Waals surface area contributed by atoms with Crippen molar-refractivity contribution in [3.63, 3.8) is 0 Å². The number of anilines is 2. The lowest BCUT2D eigenvalue weighted by molar-refractivity contribution is -0.116. The third kappa shape index (κ3) is 7.45. The molecule has 0 spiro atoms. The van der Waals surface area contributed by atoms with Crippen molar-refractivity contribution >= 4 is 39.7 Å². The first-order valence-electron chi connectivity index (χ1n) is 6.71. The maximum atomic E-state index is 11.8. The van der Waals surface area contributed by atoms with Crippen molar-refractivity contribution in [1.82, 2.24) is 0 Å². The molecule has 0 heterocycles. The van der Waals surface area contributed by atoms with E-state index in [0.29, 0.717) is 47.4 Å². The number of benzene rings is 1. The fourth-order valence-corrected chi connectivity index (χ4v) is 2.99. The van der Waals surface area contributed by atoms with Crippen LogP contribution in [0.3, 0.4) is 0 Å². The molecule has 118 valence electrons. The Balaban J connectivity index is 2.28. The molecule has 0 bridgehead atoms. The average molecular weight is 333 g/mol. The molecule has 1 aromatic rings. The van der Waals surface area contributed by atoms with Gasteiger partial charge in [-0.2, -0.15) is 0 Å². The molecule has 0 aliphatic carbocycles. The van der Waals surface area contributed by atoms with Gasteiger partial charge in [-0.1, -0.05) is 11.6 Å². The lowest BCUT2D eigenvalue weighted by Crippen LogP contribution is -2.14. The van der Waals surface area contributed by atoms with Crippen molar-refractivity contribution in [3.8, 4) is 0 Å². The van der Waals surface area contributed by atoms with Crippen molar-refractivity contribution < 1.29 is 13.7 Å². The fourth-order valence-electron chi connectivity index (χ4n) is 1.71. The number of amides is 1. The van der Waals surface area contributed by atoms with E-state index in [1.807, 2.05) is 0 Å². The van der Waals surface area contributed by atoms with Gasteiger partial charge in [0.25, 0.3) is 0 Å². The van der Waals surface area contributed by atoms with Crippen LogP contribution < -0.4 is 11.1 Å². The first-order valence-corrected chi connectivity index (χ1v) is 8.58. The predicted molar refractivity (Wildman–Crippen MR) is 88.1 cm³/mol. The molecule has 21 heavy (non-hydrogen) atoms. The monoisotopic (exact) mass is 332 g/mol. The number of nitrogens with two attached hydrogens (primary N) is 1. The minimum absolute atomic E-state index is 0.155. The Morgan fingerprint density at radius 3 is 2.81 bits per heavy atom. The topological polar surface area (TPSA) is 81.4 Å². The van der Waals surface area contributed by atoms with Gasteiger partial charge in [-0.05, 0) is 31.0 Å². The Morgan fingerprint density at radius 2 is 2.10 bits per heavy atom. The lowest BCUT2D eigenvalue weighted by Gasteiger charge is -2.08. The summed E-state index contributed by atoms with van der Waals surface area (Å²) in [5.74, 6) is 0.969. The third-order valence-electron chi connectivity index (χ3n) is 2.79. The van der Waals surface area contributed by atoms with Crippen molar-refractivity contribution in [1.29, 1.82) is 0 Å². The lowest BCUT2D eigenvalue weighted by atomic mass is 10.2. The Hall–Kier alpha value is -1.11. The van der Waals surface area contributed by atoms with Crippen LogP contribution in [0.1, 0.15) is 19.3 Å². The van der Waals surface area contributed by atoms with Gasteiger partial charge in [-0.15, -0.1) is 0 Å². The Bertz CT molecular complexity index is 497. The molecule has 0 aliphatic rings. The highest BCUT2D eigenvalue weighted by atomic mass is 35.5. The van der Waals surface area contributed by atoms with Gasteiger partial charge in [-0.25, -0.2) is 0 Å². The van der Waals surface area contributed by atoms with E-state index >= 15 is 0 Å². The number of nitrogens with one attached hydrogen (secondary N) is 1. The van der Waals surface area contributed by atoms with Crippen molar-refractivity contribution in [2.24, 2.45) is 0 Å². The second-order valence-corrected chi connectivity index (χ2v) is 6.71. The van der Waals surface area contributed by atoms with Gasteiger partial charge >= 0.3 is 0 Å². The van der Waals surface area contributed by atoms with Gasteiger partial charge in [0.1, 0.15) is 0 Å². The molecule has 1 unspecified atom stereocenters. The third-order valence-corrected chi connectivity index (χ3v) is 4.51. The number of halogens is 1. The molecule has 0 saturated carbocycles. The summed E-state index contributed by atoms with van der Waals surface area (Å²) in [6.07, 6.45) is 1.65. The molecule has 0 fully saturated rings. The molecule has 1 rings (SSSR count). The average Bonchev–Trinajstić information content (AvgIpc) is 2.43. The number of carbonyl (C=O) groups excluding carboxylic acids is 1. The van der Waals surface area contributed by atoms with Crippen LogP contribution in [0.15, 0.2) is 18.2 Å². The van der Waals surface area contributed by atoms with E-state index in [1.54, 1.807) is 25.3 Å². The molecular formula is C14H21ClN2O3S. The largest absolute Gasteiger partial charge is 0.397 e. The smallest absolute Gasteiger partial charge is 0.224 e. The van der Waals surface area contributed by atoms with Gasteiger partial charge in [-0.3, -0.25) is 9.00 Å². The van der Waals surface area contributed by atoms with E-state index < -0.39 is 10.8 Å². The van der Waals surface area contributed by atoms with E-state index in [1.165, 1.54) is 0 Å². The Labute approximate surface area is 132 Å². The number of methoxy groups -OCH3 is 1. The summed E-state index contributed by atoms with van der Waals surface area (Å²) in [7, 11) is 0.722. The SMILES string of the molecule is COCCCS(=O)CCCC(=O)Nc1cc(Cl)ccc1N. The number of ether oxygens (including phenoxy) is 1. The van der Waals surface area contributed by atoms with Crippen molar-refractivity contribution in [2.75, 3.05) is 36.3 Å². The number of carbonyl (C=O) groups is 1. The zero-order valence-corrected chi connectivity index (χ0v) is 13.6. The number of nitrogen functional groups attached to an aromatic ring is 1. The standard InChI is InChI=1S/C14H21ClN2O3S/c1-20-7-3-9-21(19)8-2-4-14(18)17-13-10-11(15)5-6-12(13)16/h5-6,10H,2-4,7-9,16H2,1H3,(H,17,18). The van der Waals surface area contributed by atoms with Gasteiger partial charge < -0.3 is 15.8 Å². The summed E-state index contributed by atoms with van der Waals surface area (Å²) in [6.45, 7) is 0.611. The second-order valence-electron chi connectivity index (χ2n) is 4.58. The minimum Gasteiger partial charge on any atom is -0.397 e. The highest BCUT2D eigenvalue weighted by molar-refractivity contribution is 7.84. The molecule has 0 radical (unpaired) electrons. The number of rotatable bonds is 9. The molecule has 5 nitrogen and oxygen atoms in total. The summed E-state index contributed by atoms with van der Waals surface area (Å²) < 4.78 is 16.5. The second kappa shape index (κ2) is 9.76. The van der Waals surface area contributed by atoms with Crippen LogP contribution >= 0.6 is 11.6 Å². The van der Waals surface area contributed by atoms with Gasteiger partial charge in [0.15, 0.2) is 0 Å². The van der Waals surface area contributed by atoms with E-state index in [9.17, 15) is 9.00 Å². The van der Waals surface area contributed by atoms with Crippen LogP contribution in [0.4, 0.5) is 11.4 Å². The van der Waals surface area contributed by atoms with Crippen LogP contribution in [0, 0.1) is 0 Å². The first-order chi connectivity index (χ1) is 10.0. The molecule has 7 heteroatoms. The Morgan fingerprint density at radius 1 is 1.38 bits per heavy atom. The van der Waals surface area contributed by atoms with E-state index in [-0.39, 0.29) is 5.91 Å². The van der Waals surface area contributed by atoms with Gasteiger partial charge in [0.2, 0.25) is 5.91 Å². The van der Waals surface area contributed by atoms with Crippen molar-refractivity contribution in [2.45, 2.75) is 19.3 Å². The summed E-state index contributed by atoms with van der Waals surface area (Å²) >= 11 is 5.85. The highest BCUT2D eigenvalue weighted by Crippen LogP contribution is 2.23. The molecule has 1 amide bonds. The van der Waals surface area contributed by atoms with Crippen LogP contribution in [-0.2, 0) is 20.3 Å². The molecular weight excluding hydrogens is 312 g/mol. The minimum atomic E-state index is -0.898.